The van der Waals surface area contributed by atoms with E-state index in [1.54, 1.807) is 36.7 Å². The Balaban J connectivity index is 1.97. The molecule has 1 atom stereocenters. The van der Waals surface area contributed by atoms with Crippen molar-refractivity contribution in [2.24, 2.45) is 0 Å². The van der Waals surface area contributed by atoms with Crippen LogP contribution in [0, 0.1) is 6.92 Å². The molecule has 0 radical (unpaired) electrons. The largest absolute Gasteiger partial charge is 0.507 e. The molecule has 0 saturated carbocycles. The zero-order chi connectivity index (χ0) is 23.7. The number of halogens is 1. The van der Waals surface area contributed by atoms with Gasteiger partial charge < -0.3 is 14.6 Å². The van der Waals surface area contributed by atoms with Gasteiger partial charge in [-0.2, -0.15) is 0 Å². The number of benzene rings is 2. The Morgan fingerprint density at radius 3 is 2.24 bits per heavy atom. The van der Waals surface area contributed by atoms with Crippen LogP contribution in [0.3, 0.4) is 0 Å². The standard InChI is InChI=1S/C25H21ClN2O5/c1-14-4-6-16(7-5-14)28-22(15-8-10-27-11-9-15)21(24(30)25(28)31)23(29)17-12-18(26)20(33-3)13-19(17)32-2/h4-13,22,29H,1-3H3/b23-21+. The van der Waals surface area contributed by atoms with Gasteiger partial charge in [-0.05, 0) is 42.8 Å². The maximum absolute atomic E-state index is 13.2. The topological polar surface area (TPSA) is 89.0 Å². The number of anilines is 1. The molecular formula is C25H21ClN2O5. The Hall–Kier alpha value is -3.84. The highest BCUT2D eigenvalue weighted by Gasteiger charge is 2.47. The number of Topliss-reactive ketones (excluding diaryl/α,β-unsaturated/α-hetero) is 1. The van der Waals surface area contributed by atoms with Crippen LogP contribution in [0.15, 0.2) is 66.5 Å². The highest BCUT2D eigenvalue weighted by atomic mass is 35.5. The minimum absolute atomic E-state index is 0.0775. The van der Waals surface area contributed by atoms with Crippen LogP contribution in [0.5, 0.6) is 11.5 Å². The van der Waals surface area contributed by atoms with Gasteiger partial charge in [-0.15, -0.1) is 0 Å². The molecule has 1 aliphatic heterocycles. The molecule has 2 aromatic carbocycles. The van der Waals surface area contributed by atoms with Crippen molar-refractivity contribution in [2.75, 3.05) is 19.1 Å². The first-order valence-corrected chi connectivity index (χ1v) is 10.4. The van der Waals surface area contributed by atoms with Crippen molar-refractivity contribution in [1.29, 1.82) is 0 Å². The Labute approximate surface area is 195 Å². The maximum atomic E-state index is 13.2. The lowest BCUT2D eigenvalue weighted by atomic mass is 9.95. The summed E-state index contributed by atoms with van der Waals surface area (Å²) < 4.78 is 10.6. The number of ether oxygens (including phenoxy) is 2. The normalized spacial score (nSPS) is 17.3. The molecule has 1 amide bonds. The van der Waals surface area contributed by atoms with Crippen molar-refractivity contribution < 1.29 is 24.2 Å². The molecule has 8 heteroatoms. The highest BCUT2D eigenvalue weighted by molar-refractivity contribution is 6.51. The van der Waals surface area contributed by atoms with E-state index < -0.39 is 23.5 Å². The second-order valence-electron chi connectivity index (χ2n) is 7.47. The fourth-order valence-electron chi connectivity index (χ4n) is 3.86. The molecule has 1 aromatic heterocycles. The van der Waals surface area contributed by atoms with Crippen LogP contribution in [0.4, 0.5) is 5.69 Å². The second-order valence-corrected chi connectivity index (χ2v) is 7.88. The molecule has 33 heavy (non-hydrogen) atoms. The number of aromatic nitrogens is 1. The predicted octanol–water partition coefficient (Wildman–Crippen LogP) is 4.69. The van der Waals surface area contributed by atoms with Gasteiger partial charge in [0.1, 0.15) is 17.3 Å². The smallest absolute Gasteiger partial charge is 0.300 e. The highest BCUT2D eigenvalue weighted by Crippen LogP contribution is 2.44. The molecular weight excluding hydrogens is 444 g/mol. The van der Waals surface area contributed by atoms with E-state index in [9.17, 15) is 14.7 Å². The second kappa shape index (κ2) is 8.96. The zero-order valence-electron chi connectivity index (χ0n) is 18.2. The van der Waals surface area contributed by atoms with Gasteiger partial charge in [0.25, 0.3) is 11.7 Å². The van der Waals surface area contributed by atoms with Crippen LogP contribution >= 0.6 is 11.6 Å². The van der Waals surface area contributed by atoms with Gasteiger partial charge in [-0.3, -0.25) is 19.5 Å². The van der Waals surface area contributed by atoms with Crippen molar-refractivity contribution in [3.05, 3.63) is 88.2 Å². The van der Waals surface area contributed by atoms with Crippen LogP contribution in [-0.2, 0) is 9.59 Å². The average Bonchev–Trinajstić information content (AvgIpc) is 3.10. The monoisotopic (exact) mass is 464 g/mol. The number of aliphatic hydroxyl groups is 1. The summed E-state index contributed by atoms with van der Waals surface area (Å²) in [5.41, 5.74) is 2.25. The Morgan fingerprint density at radius 2 is 1.64 bits per heavy atom. The SMILES string of the molecule is COc1cc(OC)c(/C(O)=C2\C(=O)C(=O)N(c3ccc(C)cc3)C2c2ccncc2)cc1Cl. The summed E-state index contributed by atoms with van der Waals surface area (Å²) in [6.07, 6.45) is 3.13. The van der Waals surface area contributed by atoms with E-state index in [-0.39, 0.29) is 21.9 Å². The number of amides is 1. The Kier molecular flexibility index (Phi) is 6.07. The fraction of sp³-hybridized carbons (Fsp3) is 0.160. The molecule has 1 aliphatic rings. The third-order valence-corrected chi connectivity index (χ3v) is 5.80. The number of ketones is 1. The third kappa shape index (κ3) is 3.91. The first-order chi connectivity index (χ1) is 15.9. The Morgan fingerprint density at radius 1 is 1.00 bits per heavy atom. The molecule has 7 nitrogen and oxygen atoms in total. The van der Waals surface area contributed by atoms with Gasteiger partial charge >= 0.3 is 0 Å². The number of pyridine rings is 1. The summed E-state index contributed by atoms with van der Waals surface area (Å²) in [7, 11) is 2.88. The first-order valence-electron chi connectivity index (χ1n) is 10.1. The van der Waals surface area contributed by atoms with E-state index >= 15 is 0 Å². The van der Waals surface area contributed by atoms with E-state index in [0.29, 0.717) is 17.0 Å². The first kappa shape index (κ1) is 22.4. The van der Waals surface area contributed by atoms with Crippen LogP contribution in [-0.4, -0.2) is 36.0 Å². The molecule has 1 N–H and O–H groups in total. The van der Waals surface area contributed by atoms with Crippen molar-refractivity contribution in [3.63, 3.8) is 0 Å². The minimum Gasteiger partial charge on any atom is -0.507 e. The number of aryl methyl sites for hydroxylation is 1. The number of carbonyl (C=O) groups excluding carboxylic acids is 2. The molecule has 0 bridgehead atoms. The van der Waals surface area contributed by atoms with Gasteiger partial charge in [-0.25, -0.2) is 0 Å². The fourth-order valence-corrected chi connectivity index (χ4v) is 4.10. The lowest BCUT2D eigenvalue weighted by Crippen LogP contribution is -2.29. The summed E-state index contributed by atoms with van der Waals surface area (Å²) in [4.78, 5) is 31.8. The summed E-state index contributed by atoms with van der Waals surface area (Å²) in [6, 6.07) is 12.7. The predicted molar refractivity (Wildman–Crippen MR) is 125 cm³/mol. The van der Waals surface area contributed by atoms with E-state index in [4.69, 9.17) is 21.1 Å². The zero-order valence-corrected chi connectivity index (χ0v) is 19.0. The number of rotatable bonds is 5. The number of carbonyl (C=O) groups is 2. The van der Waals surface area contributed by atoms with Gasteiger partial charge in [0.05, 0.1) is 36.4 Å². The molecule has 2 heterocycles. The molecule has 168 valence electrons. The van der Waals surface area contributed by atoms with Crippen LogP contribution in [0.1, 0.15) is 22.7 Å². The van der Waals surface area contributed by atoms with Crippen molar-refractivity contribution in [1.82, 2.24) is 4.98 Å². The molecule has 1 fully saturated rings. The number of aliphatic hydroxyl groups excluding tert-OH is 1. The lowest BCUT2D eigenvalue weighted by Gasteiger charge is -2.25. The number of hydrogen-bond acceptors (Lipinski definition) is 6. The Bertz CT molecular complexity index is 1260. The number of methoxy groups -OCH3 is 2. The maximum Gasteiger partial charge on any atom is 0.300 e. The number of nitrogens with zero attached hydrogens (tertiary/aromatic N) is 2. The van der Waals surface area contributed by atoms with Crippen LogP contribution in [0.25, 0.3) is 5.76 Å². The van der Waals surface area contributed by atoms with Crippen molar-refractivity contribution >= 4 is 34.7 Å². The average molecular weight is 465 g/mol. The molecule has 1 saturated heterocycles. The van der Waals surface area contributed by atoms with E-state index in [0.717, 1.165) is 5.56 Å². The number of hydrogen-bond donors (Lipinski definition) is 1. The quantitative estimate of drug-likeness (QED) is 0.335. The van der Waals surface area contributed by atoms with E-state index in [1.807, 2.05) is 19.1 Å². The molecule has 0 spiro atoms. The van der Waals surface area contributed by atoms with E-state index in [1.165, 1.54) is 31.3 Å². The van der Waals surface area contributed by atoms with Crippen molar-refractivity contribution in [3.8, 4) is 11.5 Å². The van der Waals surface area contributed by atoms with Crippen LogP contribution in [0.2, 0.25) is 5.02 Å². The van der Waals surface area contributed by atoms with Crippen LogP contribution < -0.4 is 14.4 Å². The molecule has 1 unspecified atom stereocenters. The molecule has 4 rings (SSSR count). The van der Waals surface area contributed by atoms with Gasteiger partial charge in [-0.1, -0.05) is 29.3 Å². The molecule has 3 aromatic rings. The summed E-state index contributed by atoms with van der Waals surface area (Å²) in [5.74, 6) is -1.38. The van der Waals surface area contributed by atoms with Gasteiger partial charge in [0.15, 0.2) is 0 Å². The summed E-state index contributed by atoms with van der Waals surface area (Å²) >= 11 is 6.28. The third-order valence-electron chi connectivity index (χ3n) is 5.51. The molecule has 0 aliphatic carbocycles. The summed E-state index contributed by atoms with van der Waals surface area (Å²) in [6.45, 7) is 1.93. The van der Waals surface area contributed by atoms with Gasteiger partial charge in [0.2, 0.25) is 0 Å². The summed E-state index contributed by atoms with van der Waals surface area (Å²) in [5, 5.41) is 11.5. The van der Waals surface area contributed by atoms with Gasteiger partial charge in [0, 0.05) is 24.1 Å². The van der Waals surface area contributed by atoms with E-state index in [2.05, 4.69) is 4.98 Å². The van der Waals surface area contributed by atoms with Crippen molar-refractivity contribution in [2.45, 2.75) is 13.0 Å². The lowest BCUT2D eigenvalue weighted by molar-refractivity contribution is -0.132. The minimum atomic E-state index is -0.874.